The molecular weight excluding hydrogens is 182 g/mol. The summed E-state index contributed by atoms with van der Waals surface area (Å²) in [6.07, 6.45) is 1.38. The van der Waals surface area contributed by atoms with Crippen LogP contribution < -0.4 is 5.69 Å². The van der Waals surface area contributed by atoms with Crippen LogP contribution in [0.1, 0.15) is 0 Å². The van der Waals surface area contributed by atoms with Gasteiger partial charge >= 0.3 is 5.69 Å². The van der Waals surface area contributed by atoms with Gasteiger partial charge in [0, 0.05) is 0 Å². The van der Waals surface area contributed by atoms with E-state index in [1.54, 1.807) is 12.1 Å². The predicted molar refractivity (Wildman–Crippen MR) is 50.0 cm³/mol. The molecule has 5 nitrogen and oxygen atoms in total. The van der Waals surface area contributed by atoms with Crippen molar-refractivity contribution in [1.29, 1.82) is 0 Å². The van der Waals surface area contributed by atoms with Crippen molar-refractivity contribution in [3.05, 3.63) is 47.1 Å². The lowest BCUT2D eigenvalue weighted by Crippen LogP contribution is -2.23. The molecule has 0 radical (unpaired) electrons. The Bertz CT molecular complexity index is 472. The van der Waals surface area contributed by atoms with Crippen LogP contribution in [0.4, 0.5) is 0 Å². The van der Waals surface area contributed by atoms with E-state index >= 15 is 0 Å². The molecule has 5 heteroatoms. The van der Waals surface area contributed by atoms with Crippen LogP contribution in [0.25, 0.3) is 5.69 Å². The SMILES string of the molecule is O=c1n(-c2ccccc2)cnn1CO. The van der Waals surface area contributed by atoms with Gasteiger partial charge in [-0.15, -0.1) is 0 Å². The summed E-state index contributed by atoms with van der Waals surface area (Å²) in [6.45, 7) is -0.404. The van der Waals surface area contributed by atoms with Crippen LogP contribution >= 0.6 is 0 Å². The van der Waals surface area contributed by atoms with E-state index in [1.165, 1.54) is 10.9 Å². The molecule has 1 heterocycles. The lowest BCUT2D eigenvalue weighted by molar-refractivity contribution is 0.190. The van der Waals surface area contributed by atoms with Crippen LogP contribution in [-0.2, 0) is 6.73 Å². The van der Waals surface area contributed by atoms with Gasteiger partial charge in [0.2, 0.25) is 0 Å². The van der Waals surface area contributed by atoms with Gasteiger partial charge in [-0.05, 0) is 12.1 Å². The molecule has 0 fully saturated rings. The first-order valence-corrected chi connectivity index (χ1v) is 4.13. The minimum atomic E-state index is -0.404. The second-order valence-electron chi connectivity index (χ2n) is 2.76. The molecule has 0 spiro atoms. The van der Waals surface area contributed by atoms with Gasteiger partial charge in [0.05, 0.1) is 5.69 Å². The highest BCUT2D eigenvalue weighted by Gasteiger charge is 2.04. The maximum Gasteiger partial charge on any atom is 0.352 e. The van der Waals surface area contributed by atoms with Crippen molar-refractivity contribution in [2.45, 2.75) is 6.73 Å². The fraction of sp³-hybridized carbons (Fsp3) is 0.111. The number of benzene rings is 1. The van der Waals surface area contributed by atoms with Gasteiger partial charge in [-0.25, -0.2) is 9.36 Å². The quantitative estimate of drug-likeness (QED) is 0.726. The Morgan fingerprint density at radius 1 is 1.29 bits per heavy atom. The third-order valence-corrected chi connectivity index (χ3v) is 1.90. The van der Waals surface area contributed by atoms with Gasteiger partial charge in [-0.2, -0.15) is 9.78 Å². The molecule has 14 heavy (non-hydrogen) atoms. The number of aliphatic hydroxyl groups excluding tert-OH is 1. The van der Waals surface area contributed by atoms with Gasteiger partial charge in [0.15, 0.2) is 0 Å². The summed E-state index contributed by atoms with van der Waals surface area (Å²) in [5.41, 5.74) is 0.385. The fourth-order valence-electron chi connectivity index (χ4n) is 1.20. The first-order chi connectivity index (χ1) is 6.83. The van der Waals surface area contributed by atoms with Crippen LogP contribution in [0.5, 0.6) is 0 Å². The molecule has 0 saturated heterocycles. The second kappa shape index (κ2) is 3.47. The smallest absolute Gasteiger partial charge is 0.352 e. The molecule has 0 saturated carbocycles. The zero-order valence-electron chi connectivity index (χ0n) is 7.37. The van der Waals surface area contributed by atoms with Gasteiger partial charge in [0.25, 0.3) is 0 Å². The molecule has 0 amide bonds. The largest absolute Gasteiger partial charge is 0.374 e. The van der Waals surface area contributed by atoms with Crippen molar-refractivity contribution in [3.63, 3.8) is 0 Å². The van der Waals surface area contributed by atoms with E-state index in [9.17, 15) is 4.79 Å². The van der Waals surface area contributed by atoms with Crippen LogP contribution in [0.15, 0.2) is 41.5 Å². The predicted octanol–water partition coefficient (Wildman–Crippen LogP) is -0.0162. The molecule has 0 unspecified atom stereocenters. The van der Waals surface area contributed by atoms with Crippen LogP contribution in [0.3, 0.4) is 0 Å². The minimum Gasteiger partial charge on any atom is -0.374 e. The van der Waals surface area contributed by atoms with E-state index in [0.29, 0.717) is 0 Å². The maximum absolute atomic E-state index is 11.5. The molecule has 1 aromatic carbocycles. The van der Waals surface area contributed by atoms with E-state index in [1.807, 2.05) is 18.2 Å². The zero-order valence-corrected chi connectivity index (χ0v) is 7.37. The molecule has 0 atom stereocenters. The van der Waals surface area contributed by atoms with E-state index in [4.69, 9.17) is 5.11 Å². The third-order valence-electron chi connectivity index (χ3n) is 1.90. The van der Waals surface area contributed by atoms with Crippen molar-refractivity contribution in [3.8, 4) is 5.69 Å². The Hall–Kier alpha value is -1.88. The van der Waals surface area contributed by atoms with Crippen molar-refractivity contribution >= 4 is 0 Å². The topological polar surface area (TPSA) is 60.0 Å². The first kappa shape index (κ1) is 8.71. The number of hydrogen-bond acceptors (Lipinski definition) is 3. The number of aliphatic hydroxyl groups is 1. The number of hydrogen-bond donors (Lipinski definition) is 1. The van der Waals surface area contributed by atoms with Crippen molar-refractivity contribution in [1.82, 2.24) is 14.3 Å². The van der Waals surface area contributed by atoms with Crippen molar-refractivity contribution < 1.29 is 5.11 Å². The van der Waals surface area contributed by atoms with Crippen LogP contribution in [-0.4, -0.2) is 19.5 Å². The van der Waals surface area contributed by atoms with Gasteiger partial charge in [-0.1, -0.05) is 18.2 Å². The molecule has 2 rings (SSSR count). The number of para-hydroxylation sites is 1. The van der Waals surface area contributed by atoms with E-state index < -0.39 is 6.73 Å². The van der Waals surface area contributed by atoms with Gasteiger partial charge < -0.3 is 5.11 Å². The Morgan fingerprint density at radius 2 is 2.00 bits per heavy atom. The molecule has 0 aliphatic carbocycles. The summed E-state index contributed by atoms with van der Waals surface area (Å²) < 4.78 is 2.35. The molecule has 0 bridgehead atoms. The highest BCUT2D eigenvalue weighted by molar-refractivity contribution is 5.30. The number of aromatic nitrogens is 3. The average Bonchev–Trinajstić information content (AvgIpc) is 2.61. The summed E-state index contributed by atoms with van der Waals surface area (Å²) in [5.74, 6) is 0. The molecular formula is C9H9N3O2. The molecule has 0 aliphatic heterocycles. The highest BCUT2D eigenvalue weighted by Crippen LogP contribution is 2.01. The molecule has 72 valence electrons. The number of rotatable bonds is 2. The molecule has 1 N–H and O–H groups in total. The Labute approximate surface area is 79.8 Å². The summed E-state index contributed by atoms with van der Waals surface area (Å²) >= 11 is 0. The normalized spacial score (nSPS) is 10.4. The summed E-state index contributed by atoms with van der Waals surface area (Å²) in [7, 11) is 0. The van der Waals surface area contributed by atoms with Gasteiger partial charge in [0.1, 0.15) is 13.1 Å². The van der Waals surface area contributed by atoms with E-state index in [0.717, 1.165) is 10.4 Å². The Morgan fingerprint density at radius 3 is 2.57 bits per heavy atom. The lowest BCUT2D eigenvalue weighted by Gasteiger charge is -1.97. The molecule has 1 aromatic heterocycles. The first-order valence-electron chi connectivity index (χ1n) is 4.13. The maximum atomic E-state index is 11.5. The van der Waals surface area contributed by atoms with Crippen molar-refractivity contribution in [2.75, 3.05) is 0 Å². The van der Waals surface area contributed by atoms with Crippen molar-refractivity contribution in [2.24, 2.45) is 0 Å². The fourth-order valence-corrected chi connectivity index (χ4v) is 1.20. The number of nitrogens with zero attached hydrogens (tertiary/aromatic N) is 3. The molecule has 0 aliphatic rings. The highest BCUT2D eigenvalue weighted by atomic mass is 16.3. The monoisotopic (exact) mass is 191 g/mol. The van der Waals surface area contributed by atoms with Crippen LogP contribution in [0, 0.1) is 0 Å². The van der Waals surface area contributed by atoms with E-state index in [-0.39, 0.29) is 5.69 Å². The standard InChI is InChI=1S/C9H9N3O2/c13-7-12-9(14)11(6-10-12)8-4-2-1-3-5-8/h1-6,13H,7H2. The summed E-state index contributed by atoms with van der Waals surface area (Å²) in [5, 5.41) is 12.5. The lowest BCUT2D eigenvalue weighted by atomic mass is 10.3. The van der Waals surface area contributed by atoms with E-state index in [2.05, 4.69) is 5.10 Å². The van der Waals surface area contributed by atoms with Gasteiger partial charge in [-0.3, -0.25) is 0 Å². The Kier molecular flexibility index (Phi) is 2.16. The second-order valence-corrected chi connectivity index (χ2v) is 2.76. The summed E-state index contributed by atoms with van der Waals surface area (Å²) in [4.78, 5) is 11.5. The molecule has 2 aromatic rings. The minimum absolute atomic E-state index is 0.348. The van der Waals surface area contributed by atoms with Crippen LogP contribution in [0.2, 0.25) is 0 Å². The summed E-state index contributed by atoms with van der Waals surface area (Å²) in [6, 6.07) is 9.12. The zero-order chi connectivity index (χ0) is 9.97. The third kappa shape index (κ3) is 1.33. The Balaban J connectivity index is 2.53. The average molecular weight is 191 g/mol.